The summed E-state index contributed by atoms with van der Waals surface area (Å²) in [7, 11) is -0.868. The molecule has 0 spiro atoms. The monoisotopic (exact) mass is 387 g/mol. The Labute approximate surface area is 156 Å². The quantitative estimate of drug-likeness (QED) is 0.623. The molecule has 2 aromatic carbocycles. The molecule has 0 aliphatic carbocycles. The summed E-state index contributed by atoms with van der Waals surface area (Å²) in [6.45, 7) is 0. The van der Waals surface area contributed by atoms with E-state index in [1.54, 1.807) is 42.5 Å². The average Bonchev–Trinajstić information content (AvgIpc) is 3.17. The molecule has 0 fully saturated rings. The lowest BCUT2D eigenvalue weighted by atomic mass is 10.2. The van der Waals surface area contributed by atoms with Crippen LogP contribution in [0, 0.1) is 0 Å². The van der Waals surface area contributed by atoms with Gasteiger partial charge in [-0.25, -0.2) is 8.42 Å². The predicted octanol–water partition coefficient (Wildman–Crippen LogP) is 3.58. The number of hydrogen-bond acceptors (Lipinski definition) is 6. The highest BCUT2D eigenvalue weighted by molar-refractivity contribution is 7.92. The molecule has 3 aromatic rings. The Morgan fingerprint density at radius 2 is 1.70 bits per heavy atom. The highest BCUT2D eigenvalue weighted by Crippen LogP contribution is 2.31. The first-order valence-electron chi connectivity index (χ1n) is 7.87. The average molecular weight is 387 g/mol. The summed E-state index contributed by atoms with van der Waals surface area (Å²) < 4.78 is 43.5. The second kappa shape index (κ2) is 7.55. The van der Waals surface area contributed by atoms with E-state index in [0.717, 1.165) is 0 Å². The van der Waals surface area contributed by atoms with Gasteiger partial charge >= 0.3 is 0 Å². The number of aldehydes is 1. The zero-order valence-electron chi connectivity index (χ0n) is 14.6. The Kier molecular flexibility index (Phi) is 5.18. The van der Waals surface area contributed by atoms with Crippen molar-refractivity contribution in [3.8, 4) is 22.8 Å². The van der Waals surface area contributed by atoms with Gasteiger partial charge in [0.25, 0.3) is 10.0 Å². The number of methoxy groups -OCH3 is 2. The number of carbonyl (C=O) groups excluding carboxylic acids is 1. The molecule has 0 saturated heterocycles. The number of rotatable bonds is 7. The first-order chi connectivity index (χ1) is 13.0. The lowest BCUT2D eigenvalue weighted by molar-refractivity contribution is 0.110. The zero-order chi connectivity index (χ0) is 19.4. The molecular formula is C19H17NO6S. The van der Waals surface area contributed by atoms with Gasteiger partial charge in [-0.2, -0.15) is 0 Å². The molecule has 0 atom stereocenters. The fourth-order valence-electron chi connectivity index (χ4n) is 2.46. The van der Waals surface area contributed by atoms with Gasteiger partial charge in [-0.15, -0.1) is 0 Å². The Bertz CT molecular complexity index is 1050. The molecule has 1 aromatic heterocycles. The third kappa shape index (κ3) is 3.95. The zero-order valence-corrected chi connectivity index (χ0v) is 15.4. The van der Waals surface area contributed by atoms with E-state index in [9.17, 15) is 13.2 Å². The normalized spacial score (nSPS) is 11.0. The van der Waals surface area contributed by atoms with Gasteiger partial charge in [0.15, 0.2) is 12.0 Å². The van der Waals surface area contributed by atoms with Gasteiger partial charge in [0, 0.05) is 11.6 Å². The molecule has 7 nitrogen and oxygen atoms in total. The maximum atomic E-state index is 12.7. The first-order valence-corrected chi connectivity index (χ1v) is 9.35. The summed E-state index contributed by atoms with van der Waals surface area (Å²) in [6.07, 6.45) is 0.606. The van der Waals surface area contributed by atoms with Crippen LogP contribution in [-0.2, 0) is 10.0 Å². The van der Waals surface area contributed by atoms with E-state index in [0.29, 0.717) is 34.8 Å². The Balaban J connectivity index is 1.86. The lowest BCUT2D eigenvalue weighted by Gasteiger charge is -2.13. The summed E-state index contributed by atoms with van der Waals surface area (Å²) >= 11 is 0. The summed E-state index contributed by atoms with van der Waals surface area (Å²) in [5.74, 6) is 1.57. The highest BCUT2D eigenvalue weighted by Gasteiger charge is 2.17. The molecule has 0 bridgehead atoms. The number of carbonyl (C=O) groups is 1. The van der Waals surface area contributed by atoms with Gasteiger partial charge in [-0.05, 0) is 48.5 Å². The van der Waals surface area contributed by atoms with Crippen LogP contribution in [0.5, 0.6) is 11.5 Å². The molecule has 3 rings (SSSR count). The molecule has 1 N–H and O–H groups in total. The van der Waals surface area contributed by atoms with Crippen LogP contribution in [0.1, 0.15) is 10.6 Å². The van der Waals surface area contributed by atoms with E-state index in [1.807, 2.05) is 0 Å². The molecule has 0 unspecified atom stereocenters. The largest absolute Gasteiger partial charge is 0.497 e. The maximum absolute atomic E-state index is 12.7. The molecule has 0 radical (unpaired) electrons. The number of sulfonamides is 1. The third-order valence-electron chi connectivity index (χ3n) is 3.85. The van der Waals surface area contributed by atoms with Crippen molar-refractivity contribution in [1.29, 1.82) is 0 Å². The number of furan rings is 1. The molecule has 1 heterocycles. The molecule has 0 saturated carbocycles. The molecule has 0 amide bonds. The lowest BCUT2D eigenvalue weighted by Crippen LogP contribution is -2.13. The topological polar surface area (TPSA) is 94.8 Å². The van der Waals surface area contributed by atoms with E-state index in [1.165, 1.54) is 26.4 Å². The molecule has 8 heteroatoms. The number of hydrogen-bond donors (Lipinski definition) is 1. The summed E-state index contributed by atoms with van der Waals surface area (Å²) in [4.78, 5) is 10.8. The third-order valence-corrected chi connectivity index (χ3v) is 5.23. The van der Waals surface area contributed by atoms with Gasteiger partial charge in [0.1, 0.15) is 17.3 Å². The molecular weight excluding hydrogens is 370 g/mol. The highest BCUT2D eigenvalue weighted by atomic mass is 32.2. The number of benzene rings is 2. The minimum atomic E-state index is -3.82. The van der Waals surface area contributed by atoms with Crippen molar-refractivity contribution in [3.63, 3.8) is 0 Å². The fraction of sp³-hybridized carbons (Fsp3) is 0.105. The molecule has 0 aliphatic rings. The van der Waals surface area contributed by atoms with Gasteiger partial charge in [-0.3, -0.25) is 9.52 Å². The second-order valence-electron chi connectivity index (χ2n) is 5.52. The van der Waals surface area contributed by atoms with Crippen LogP contribution < -0.4 is 14.2 Å². The van der Waals surface area contributed by atoms with Crippen molar-refractivity contribution >= 4 is 22.0 Å². The summed E-state index contributed by atoms with van der Waals surface area (Å²) in [5.41, 5.74) is 0.952. The summed E-state index contributed by atoms with van der Waals surface area (Å²) in [6, 6.07) is 14.1. The minimum Gasteiger partial charge on any atom is -0.497 e. The van der Waals surface area contributed by atoms with E-state index < -0.39 is 10.0 Å². The Morgan fingerprint density at radius 1 is 0.963 bits per heavy atom. The van der Waals surface area contributed by atoms with Crippen LogP contribution >= 0.6 is 0 Å². The van der Waals surface area contributed by atoms with Gasteiger partial charge < -0.3 is 13.9 Å². The SMILES string of the molecule is COc1ccc(NS(=O)(=O)c2ccc(-c3ccc(C=O)o3)cc2)c(OC)c1. The van der Waals surface area contributed by atoms with Crippen molar-refractivity contribution in [2.24, 2.45) is 0 Å². The van der Waals surface area contributed by atoms with Crippen LogP contribution in [0.3, 0.4) is 0 Å². The van der Waals surface area contributed by atoms with E-state index in [-0.39, 0.29) is 10.7 Å². The first kappa shape index (κ1) is 18.5. The van der Waals surface area contributed by atoms with Crippen molar-refractivity contribution in [3.05, 3.63) is 60.4 Å². The minimum absolute atomic E-state index is 0.0753. The molecule has 27 heavy (non-hydrogen) atoms. The fourth-order valence-corrected chi connectivity index (χ4v) is 3.53. The number of nitrogens with one attached hydrogen (secondary N) is 1. The van der Waals surface area contributed by atoms with Crippen LogP contribution in [0.25, 0.3) is 11.3 Å². The molecule has 140 valence electrons. The van der Waals surface area contributed by atoms with E-state index in [4.69, 9.17) is 13.9 Å². The van der Waals surface area contributed by atoms with E-state index in [2.05, 4.69) is 4.72 Å². The predicted molar refractivity (Wildman–Crippen MR) is 99.9 cm³/mol. The second-order valence-corrected chi connectivity index (χ2v) is 7.20. The van der Waals surface area contributed by atoms with Crippen LogP contribution in [0.2, 0.25) is 0 Å². The van der Waals surface area contributed by atoms with Gasteiger partial charge in [0.2, 0.25) is 0 Å². The van der Waals surface area contributed by atoms with Crippen molar-refractivity contribution < 1.29 is 27.1 Å². The van der Waals surface area contributed by atoms with Crippen LogP contribution in [0.15, 0.2) is 63.9 Å². The maximum Gasteiger partial charge on any atom is 0.262 e. The number of anilines is 1. The Hall–Kier alpha value is -3.26. The number of ether oxygens (including phenoxy) is 2. The van der Waals surface area contributed by atoms with Gasteiger partial charge in [-0.1, -0.05) is 0 Å². The Morgan fingerprint density at radius 3 is 2.30 bits per heavy atom. The van der Waals surface area contributed by atoms with Crippen LogP contribution in [0.4, 0.5) is 5.69 Å². The van der Waals surface area contributed by atoms with Crippen molar-refractivity contribution in [2.75, 3.05) is 18.9 Å². The van der Waals surface area contributed by atoms with Crippen LogP contribution in [-0.4, -0.2) is 28.9 Å². The van der Waals surface area contributed by atoms with E-state index >= 15 is 0 Å². The molecule has 0 aliphatic heterocycles. The summed E-state index contributed by atoms with van der Waals surface area (Å²) in [5, 5.41) is 0. The standard InChI is InChI=1S/C19H17NO6S/c1-24-14-5-9-17(19(11-14)25-2)20-27(22,23)16-7-3-13(4-8-16)18-10-6-15(12-21)26-18/h3-12,20H,1-2H3. The smallest absolute Gasteiger partial charge is 0.262 e. The van der Waals surface area contributed by atoms with Crippen molar-refractivity contribution in [2.45, 2.75) is 4.90 Å². The van der Waals surface area contributed by atoms with Crippen molar-refractivity contribution in [1.82, 2.24) is 0 Å². The van der Waals surface area contributed by atoms with Gasteiger partial charge in [0.05, 0.1) is 24.8 Å².